The molecule has 1 aromatic carbocycles. The van der Waals surface area contributed by atoms with Gasteiger partial charge in [0, 0.05) is 37.6 Å². The number of hydrogen-bond acceptors (Lipinski definition) is 6. The third-order valence-corrected chi connectivity index (χ3v) is 4.31. The van der Waals surface area contributed by atoms with E-state index < -0.39 is 0 Å². The van der Waals surface area contributed by atoms with E-state index in [1.807, 2.05) is 12.1 Å². The number of halogens is 2. The van der Waals surface area contributed by atoms with E-state index in [0.29, 0.717) is 42.6 Å². The number of nitrogens with one attached hydrogen (secondary N) is 2. The highest BCUT2D eigenvalue weighted by atomic mass is 35.5. The molecule has 1 unspecified atom stereocenters. The zero-order valence-corrected chi connectivity index (χ0v) is 16.6. The van der Waals surface area contributed by atoms with Crippen LogP contribution in [-0.4, -0.2) is 55.0 Å². The highest BCUT2D eigenvalue weighted by molar-refractivity contribution is 5.90. The molecule has 0 aliphatic carbocycles. The van der Waals surface area contributed by atoms with Gasteiger partial charge in [-0.25, -0.2) is 4.79 Å². The van der Waals surface area contributed by atoms with Crippen LogP contribution in [0.5, 0.6) is 17.2 Å². The number of aromatic nitrogens is 1. The van der Waals surface area contributed by atoms with Crippen molar-refractivity contribution in [2.24, 2.45) is 0 Å². The molecule has 2 N–H and O–H groups in total. The fourth-order valence-corrected chi connectivity index (χ4v) is 2.97. The van der Waals surface area contributed by atoms with Crippen molar-refractivity contribution < 1.29 is 19.0 Å². The van der Waals surface area contributed by atoms with Gasteiger partial charge in [-0.3, -0.25) is 4.98 Å². The number of pyridine rings is 1. The molecule has 1 atom stereocenters. The maximum atomic E-state index is 12.7. The number of benzene rings is 1. The first-order valence-corrected chi connectivity index (χ1v) is 8.50. The topological polar surface area (TPSA) is 85.0 Å². The smallest absolute Gasteiger partial charge is 0.322 e. The van der Waals surface area contributed by atoms with Gasteiger partial charge in [-0.1, -0.05) is 0 Å². The van der Waals surface area contributed by atoms with Gasteiger partial charge in [-0.2, -0.15) is 0 Å². The van der Waals surface area contributed by atoms with Crippen LogP contribution in [0.15, 0.2) is 42.7 Å². The molecule has 10 heteroatoms. The molecule has 8 nitrogen and oxygen atoms in total. The molecule has 2 aliphatic heterocycles. The van der Waals surface area contributed by atoms with Crippen molar-refractivity contribution in [3.05, 3.63) is 42.7 Å². The van der Waals surface area contributed by atoms with Crippen molar-refractivity contribution in [2.45, 2.75) is 6.04 Å². The summed E-state index contributed by atoms with van der Waals surface area (Å²) in [5, 5.41) is 6.23. The predicted molar refractivity (Wildman–Crippen MR) is 109 cm³/mol. The lowest BCUT2D eigenvalue weighted by molar-refractivity contribution is 0.133. The second kappa shape index (κ2) is 10.2. The maximum Gasteiger partial charge on any atom is 0.322 e. The lowest BCUT2D eigenvalue weighted by Crippen LogP contribution is -2.57. The molecule has 0 bridgehead atoms. The standard InChI is InChI=1S/C18H20N4O4.2ClH/c23-18(21-13-3-4-16-17(8-13)26-12-25-16)22-7-6-20-9-14(22)11-24-15-2-1-5-19-10-15;;/h1-5,8,10,14,20H,6-7,9,11-12H2,(H,21,23);2*1H. The minimum Gasteiger partial charge on any atom is -0.490 e. The number of anilines is 1. The van der Waals surface area contributed by atoms with Crippen LogP contribution >= 0.6 is 24.8 Å². The molecule has 0 radical (unpaired) electrons. The number of ether oxygens (including phenoxy) is 3. The molecule has 2 aliphatic rings. The van der Waals surface area contributed by atoms with Gasteiger partial charge in [0.15, 0.2) is 11.5 Å². The monoisotopic (exact) mass is 428 g/mol. The fraction of sp³-hybridized carbons (Fsp3) is 0.333. The van der Waals surface area contributed by atoms with E-state index in [-0.39, 0.29) is 43.7 Å². The second-order valence-corrected chi connectivity index (χ2v) is 6.05. The molecule has 0 spiro atoms. The number of fused-ring (bicyclic) bond motifs is 1. The molecule has 152 valence electrons. The van der Waals surface area contributed by atoms with Crippen molar-refractivity contribution in [2.75, 3.05) is 38.4 Å². The Labute approximate surface area is 175 Å². The van der Waals surface area contributed by atoms with E-state index >= 15 is 0 Å². The van der Waals surface area contributed by atoms with Gasteiger partial charge < -0.3 is 29.7 Å². The summed E-state index contributed by atoms with van der Waals surface area (Å²) < 4.78 is 16.4. The van der Waals surface area contributed by atoms with Crippen LogP contribution in [0.25, 0.3) is 0 Å². The van der Waals surface area contributed by atoms with Crippen LogP contribution in [0.1, 0.15) is 0 Å². The molecular formula is C18H22Cl2N4O4. The highest BCUT2D eigenvalue weighted by Crippen LogP contribution is 2.34. The lowest BCUT2D eigenvalue weighted by Gasteiger charge is -2.35. The Morgan fingerprint density at radius 3 is 2.96 bits per heavy atom. The molecule has 3 heterocycles. The summed E-state index contributed by atoms with van der Waals surface area (Å²) in [6, 6.07) is 8.79. The molecule has 1 saturated heterocycles. The number of hydrogen-bond donors (Lipinski definition) is 2. The van der Waals surface area contributed by atoms with Crippen LogP contribution in [-0.2, 0) is 0 Å². The molecule has 28 heavy (non-hydrogen) atoms. The van der Waals surface area contributed by atoms with Crippen molar-refractivity contribution in [1.82, 2.24) is 15.2 Å². The number of amides is 2. The zero-order chi connectivity index (χ0) is 17.8. The van der Waals surface area contributed by atoms with E-state index in [9.17, 15) is 4.79 Å². The highest BCUT2D eigenvalue weighted by Gasteiger charge is 2.27. The van der Waals surface area contributed by atoms with Crippen LogP contribution < -0.4 is 24.8 Å². The van der Waals surface area contributed by atoms with Gasteiger partial charge in [0.2, 0.25) is 6.79 Å². The Hall–Kier alpha value is -2.42. The maximum absolute atomic E-state index is 12.7. The summed E-state index contributed by atoms with van der Waals surface area (Å²) in [5.41, 5.74) is 0.671. The first-order valence-electron chi connectivity index (χ1n) is 8.50. The van der Waals surface area contributed by atoms with Gasteiger partial charge in [0.05, 0.1) is 12.2 Å². The average Bonchev–Trinajstić information content (AvgIpc) is 3.15. The van der Waals surface area contributed by atoms with Crippen LogP contribution in [0.3, 0.4) is 0 Å². The van der Waals surface area contributed by atoms with E-state index in [0.717, 1.165) is 6.54 Å². The Bertz CT molecular complexity index is 781. The summed E-state index contributed by atoms with van der Waals surface area (Å²) in [7, 11) is 0. The number of carbonyl (C=O) groups is 1. The molecule has 2 aromatic rings. The van der Waals surface area contributed by atoms with E-state index in [1.54, 1.807) is 35.5 Å². The Balaban J connectivity index is 0.00000140. The number of rotatable bonds is 4. The predicted octanol–water partition coefficient (Wildman–Crippen LogP) is 2.54. The third-order valence-electron chi connectivity index (χ3n) is 4.31. The summed E-state index contributed by atoms with van der Waals surface area (Å²) in [6.45, 7) is 2.63. The van der Waals surface area contributed by atoms with Crippen molar-refractivity contribution in [1.29, 1.82) is 0 Å². The van der Waals surface area contributed by atoms with Gasteiger partial charge >= 0.3 is 6.03 Å². The number of piperazine rings is 1. The van der Waals surface area contributed by atoms with Gasteiger partial charge in [-0.15, -0.1) is 24.8 Å². The first kappa shape index (κ1) is 21.9. The summed E-state index contributed by atoms with van der Waals surface area (Å²) in [5.74, 6) is 2.02. The van der Waals surface area contributed by atoms with Crippen molar-refractivity contribution >= 4 is 36.5 Å². The van der Waals surface area contributed by atoms with Crippen LogP contribution in [0.4, 0.5) is 10.5 Å². The van der Waals surface area contributed by atoms with Crippen LogP contribution in [0, 0.1) is 0 Å². The minimum absolute atomic E-state index is 0. The molecular weight excluding hydrogens is 407 g/mol. The van der Waals surface area contributed by atoms with E-state index in [2.05, 4.69) is 15.6 Å². The molecule has 1 aromatic heterocycles. The normalized spacial score (nSPS) is 17.1. The second-order valence-electron chi connectivity index (χ2n) is 6.05. The lowest BCUT2D eigenvalue weighted by atomic mass is 10.2. The van der Waals surface area contributed by atoms with Gasteiger partial charge in [-0.05, 0) is 24.3 Å². The fourth-order valence-electron chi connectivity index (χ4n) is 2.97. The Morgan fingerprint density at radius 1 is 1.29 bits per heavy atom. The van der Waals surface area contributed by atoms with Crippen molar-refractivity contribution in [3.8, 4) is 17.2 Å². The van der Waals surface area contributed by atoms with Crippen LogP contribution in [0.2, 0.25) is 0 Å². The number of carbonyl (C=O) groups excluding carboxylic acids is 1. The molecule has 1 fully saturated rings. The SMILES string of the molecule is Cl.Cl.O=C(Nc1ccc2c(c1)OCO2)N1CCNCC1COc1cccnc1. The Kier molecular flexibility index (Phi) is 7.98. The van der Waals surface area contributed by atoms with Gasteiger partial charge in [0.1, 0.15) is 12.4 Å². The summed E-state index contributed by atoms with van der Waals surface area (Å²) >= 11 is 0. The molecule has 4 rings (SSSR count). The number of nitrogens with zero attached hydrogens (tertiary/aromatic N) is 2. The van der Waals surface area contributed by atoms with E-state index in [1.165, 1.54) is 0 Å². The average molecular weight is 429 g/mol. The molecule has 2 amide bonds. The largest absolute Gasteiger partial charge is 0.490 e. The zero-order valence-electron chi connectivity index (χ0n) is 15.0. The Morgan fingerprint density at radius 2 is 2.14 bits per heavy atom. The minimum atomic E-state index is -0.162. The quantitative estimate of drug-likeness (QED) is 0.777. The number of urea groups is 1. The summed E-state index contributed by atoms with van der Waals surface area (Å²) in [4.78, 5) is 18.6. The first-order chi connectivity index (χ1) is 12.8. The summed E-state index contributed by atoms with van der Waals surface area (Å²) in [6.07, 6.45) is 3.35. The van der Waals surface area contributed by atoms with Crippen molar-refractivity contribution in [3.63, 3.8) is 0 Å². The third kappa shape index (κ3) is 5.09. The van der Waals surface area contributed by atoms with Gasteiger partial charge in [0.25, 0.3) is 0 Å². The van der Waals surface area contributed by atoms with E-state index in [4.69, 9.17) is 14.2 Å². The molecule has 0 saturated carbocycles.